The standard InChI is InChI=1S/C23H22BrN5O3/c1-16-3-8-22(17(2)11-16)32-15-29-13-19(12-25-29)26-23(30)21-9-10-28(27-21)14-31-20-6-4-18(24)5-7-20/h3-13H,14-15H2,1-2H3,(H,26,30). The van der Waals surface area contributed by atoms with Crippen molar-refractivity contribution in [1.82, 2.24) is 19.6 Å². The first-order valence-corrected chi connectivity index (χ1v) is 10.7. The molecule has 2 heterocycles. The second-order valence-electron chi connectivity index (χ2n) is 7.23. The van der Waals surface area contributed by atoms with Gasteiger partial charge in [-0.3, -0.25) is 4.79 Å². The summed E-state index contributed by atoms with van der Waals surface area (Å²) in [5, 5.41) is 11.3. The van der Waals surface area contributed by atoms with Gasteiger partial charge in [-0.05, 0) is 55.8 Å². The quantitative estimate of drug-likeness (QED) is 0.380. The predicted octanol–water partition coefficient (Wildman–Crippen LogP) is 4.78. The monoisotopic (exact) mass is 495 g/mol. The summed E-state index contributed by atoms with van der Waals surface area (Å²) in [6, 6.07) is 15.1. The molecule has 1 amide bonds. The van der Waals surface area contributed by atoms with Crippen molar-refractivity contribution in [2.45, 2.75) is 27.3 Å². The number of halogens is 1. The summed E-state index contributed by atoms with van der Waals surface area (Å²) >= 11 is 3.38. The van der Waals surface area contributed by atoms with Gasteiger partial charge in [0.15, 0.2) is 19.2 Å². The Morgan fingerprint density at radius 2 is 1.81 bits per heavy atom. The molecule has 164 valence electrons. The van der Waals surface area contributed by atoms with Gasteiger partial charge in [0, 0.05) is 10.7 Å². The number of hydrogen-bond donors (Lipinski definition) is 1. The number of carbonyl (C=O) groups excluding carboxylic acids is 1. The number of benzene rings is 2. The van der Waals surface area contributed by atoms with E-state index in [2.05, 4.69) is 37.5 Å². The molecule has 32 heavy (non-hydrogen) atoms. The zero-order chi connectivity index (χ0) is 22.5. The van der Waals surface area contributed by atoms with Gasteiger partial charge in [0.2, 0.25) is 0 Å². The molecule has 0 aliphatic carbocycles. The molecule has 0 atom stereocenters. The lowest BCUT2D eigenvalue weighted by atomic mass is 10.1. The topological polar surface area (TPSA) is 83.2 Å². The molecule has 0 radical (unpaired) electrons. The third-order valence-corrected chi connectivity index (χ3v) is 5.15. The summed E-state index contributed by atoms with van der Waals surface area (Å²) < 4.78 is 15.6. The van der Waals surface area contributed by atoms with Crippen LogP contribution in [-0.2, 0) is 13.5 Å². The smallest absolute Gasteiger partial charge is 0.276 e. The lowest BCUT2D eigenvalue weighted by molar-refractivity contribution is 0.102. The largest absolute Gasteiger partial charge is 0.471 e. The fraction of sp³-hybridized carbons (Fsp3) is 0.174. The molecular weight excluding hydrogens is 474 g/mol. The van der Waals surface area contributed by atoms with E-state index >= 15 is 0 Å². The Hall–Kier alpha value is -3.59. The number of amides is 1. The summed E-state index contributed by atoms with van der Waals surface area (Å²) in [5.41, 5.74) is 3.08. The minimum atomic E-state index is -0.331. The van der Waals surface area contributed by atoms with Crippen LogP contribution in [-0.4, -0.2) is 25.5 Å². The zero-order valence-electron chi connectivity index (χ0n) is 17.7. The van der Waals surface area contributed by atoms with Crippen LogP contribution in [0.2, 0.25) is 0 Å². The molecule has 0 unspecified atom stereocenters. The van der Waals surface area contributed by atoms with Crippen LogP contribution in [0.15, 0.2) is 71.6 Å². The van der Waals surface area contributed by atoms with E-state index in [-0.39, 0.29) is 25.1 Å². The molecule has 8 nitrogen and oxygen atoms in total. The van der Waals surface area contributed by atoms with Crippen LogP contribution < -0.4 is 14.8 Å². The van der Waals surface area contributed by atoms with E-state index < -0.39 is 0 Å². The van der Waals surface area contributed by atoms with Crippen molar-refractivity contribution in [2.24, 2.45) is 0 Å². The van der Waals surface area contributed by atoms with Gasteiger partial charge in [-0.15, -0.1) is 0 Å². The van der Waals surface area contributed by atoms with Crippen molar-refractivity contribution < 1.29 is 14.3 Å². The van der Waals surface area contributed by atoms with Crippen molar-refractivity contribution in [3.8, 4) is 11.5 Å². The summed E-state index contributed by atoms with van der Waals surface area (Å²) in [5.74, 6) is 1.18. The van der Waals surface area contributed by atoms with E-state index in [1.54, 1.807) is 34.0 Å². The van der Waals surface area contributed by atoms with Gasteiger partial charge in [0.05, 0.1) is 18.1 Å². The third-order valence-electron chi connectivity index (χ3n) is 4.62. The van der Waals surface area contributed by atoms with Gasteiger partial charge >= 0.3 is 0 Å². The highest BCUT2D eigenvalue weighted by Crippen LogP contribution is 2.19. The van der Waals surface area contributed by atoms with Crippen molar-refractivity contribution in [3.63, 3.8) is 0 Å². The molecule has 0 fully saturated rings. The average Bonchev–Trinajstić information content (AvgIpc) is 3.42. The van der Waals surface area contributed by atoms with Crippen LogP contribution in [0.5, 0.6) is 11.5 Å². The maximum absolute atomic E-state index is 12.5. The summed E-state index contributed by atoms with van der Waals surface area (Å²) in [6.07, 6.45) is 4.96. The van der Waals surface area contributed by atoms with Crippen molar-refractivity contribution in [1.29, 1.82) is 0 Å². The molecular formula is C23H22BrN5O3. The first-order chi connectivity index (χ1) is 15.5. The molecule has 0 saturated carbocycles. The fourth-order valence-corrected chi connectivity index (χ4v) is 3.28. The molecule has 2 aromatic heterocycles. The average molecular weight is 496 g/mol. The van der Waals surface area contributed by atoms with Gasteiger partial charge in [-0.1, -0.05) is 33.6 Å². The van der Waals surface area contributed by atoms with E-state index in [0.717, 1.165) is 15.8 Å². The van der Waals surface area contributed by atoms with Gasteiger partial charge in [0.25, 0.3) is 5.91 Å². The summed E-state index contributed by atoms with van der Waals surface area (Å²) in [6.45, 7) is 4.47. The van der Waals surface area contributed by atoms with Crippen molar-refractivity contribution >= 4 is 27.5 Å². The molecule has 0 aliphatic heterocycles. The summed E-state index contributed by atoms with van der Waals surface area (Å²) in [7, 11) is 0. The molecule has 1 N–H and O–H groups in total. The second kappa shape index (κ2) is 9.69. The van der Waals surface area contributed by atoms with Crippen LogP contribution >= 0.6 is 15.9 Å². The fourth-order valence-electron chi connectivity index (χ4n) is 3.02. The highest BCUT2D eigenvalue weighted by molar-refractivity contribution is 9.10. The predicted molar refractivity (Wildman–Crippen MR) is 124 cm³/mol. The van der Waals surface area contributed by atoms with Crippen LogP contribution in [0.1, 0.15) is 21.6 Å². The van der Waals surface area contributed by atoms with Crippen molar-refractivity contribution in [2.75, 3.05) is 5.32 Å². The van der Waals surface area contributed by atoms with Crippen molar-refractivity contribution in [3.05, 3.63) is 88.4 Å². The Morgan fingerprint density at radius 3 is 2.59 bits per heavy atom. The van der Waals surface area contributed by atoms with E-state index in [4.69, 9.17) is 9.47 Å². The first kappa shape index (κ1) is 21.6. The molecule has 0 aliphatic rings. The molecule has 0 bridgehead atoms. The summed E-state index contributed by atoms with van der Waals surface area (Å²) in [4.78, 5) is 12.5. The normalized spacial score (nSPS) is 10.7. The van der Waals surface area contributed by atoms with Crippen LogP contribution in [0, 0.1) is 13.8 Å². The Kier molecular flexibility index (Phi) is 6.55. The Bertz CT molecular complexity index is 1220. The lowest BCUT2D eigenvalue weighted by Gasteiger charge is -2.09. The van der Waals surface area contributed by atoms with Crippen LogP contribution in [0.4, 0.5) is 5.69 Å². The number of rotatable bonds is 8. The number of anilines is 1. The molecule has 0 saturated heterocycles. The highest BCUT2D eigenvalue weighted by atomic mass is 79.9. The molecule has 9 heteroatoms. The van der Waals surface area contributed by atoms with E-state index in [1.165, 1.54) is 5.56 Å². The second-order valence-corrected chi connectivity index (χ2v) is 8.15. The number of carbonyl (C=O) groups is 1. The number of hydrogen-bond acceptors (Lipinski definition) is 5. The first-order valence-electron chi connectivity index (χ1n) is 9.92. The van der Waals surface area contributed by atoms with Crippen LogP contribution in [0.25, 0.3) is 0 Å². The van der Waals surface area contributed by atoms with Gasteiger partial charge < -0.3 is 14.8 Å². The maximum atomic E-state index is 12.5. The van der Waals surface area contributed by atoms with E-state index in [0.29, 0.717) is 11.4 Å². The Balaban J connectivity index is 1.29. The molecule has 4 rings (SSSR count). The molecule has 4 aromatic rings. The molecule has 2 aromatic carbocycles. The number of ether oxygens (including phenoxy) is 2. The maximum Gasteiger partial charge on any atom is 0.276 e. The number of aryl methyl sites for hydroxylation is 2. The van der Waals surface area contributed by atoms with Crippen LogP contribution in [0.3, 0.4) is 0 Å². The zero-order valence-corrected chi connectivity index (χ0v) is 19.2. The highest BCUT2D eigenvalue weighted by Gasteiger charge is 2.11. The lowest BCUT2D eigenvalue weighted by Crippen LogP contribution is -2.14. The number of nitrogens with zero attached hydrogens (tertiary/aromatic N) is 4. The van der Waals surface area contributed by atoms with Gasteiger partial charge in [0.1, 0.15) is 11.5 Å². The Labute approximate surface area is 193 Å². The number of nitrogens with one attached hydrogen (secondary N) is 1. The minimum Gasteiger partial charge on any atom is -0.471 e. The van der Waals surface area contributed by atoms with E-state index in [1.807, 2.05) is 50.2 Å². The Morgan fingerprint density at radius 1 is 1.03 bits per heavy atom. The number of aromatic nitrogens is 4. The van der Waals surface area contributed by atoms with Gasteiger partial charge in [-0.2, -0.15) is 10.2 Å². The minimum absolute atomic E-state index is 0.197. The SMILES string of the molecule is Cc1ccc(OCn2cc(NC(=O)c3ccn(COc4ccc(Br)cc4)n3)cn2)c(C)c1. The van der Waals surface area contributed by atoms with E-state index in [9.17, 15) is 4.79 Å². The molecule has 0 spiro atoms. The van der Waals surface area contributed by atoms with Gasteiger partial charge in [-0.25, -0.2) is 9.36 Å². The third kappa shape index (κ3) is 5.55.